The molecule has 1 amide bonds. The SMILES string of the molecule is C[C@H]1CCC[N+]1(c1ccc(C(=O)NCC2CCOCC2)cc1)[C@H]1CCNC1. The Balaban J connectivity index is 1.44. The van der Waals surface area contributed by atoms with Crippen molar-refractivity contribution in [2.45, 2.75) is 51.1 Å². The van der Waals surface area contributed by atoms with Crippen LogP contribution in [0.1, 0.15) is 49.4 Å². The van der Waals surface area contributed by atoms with Crippen LogP contribution in [0.25, 0.3) is 0 Å². The molecule has 148 valence electrons. The van der Waals surface area contributed by atoms with Gasteiger partial charge in [-0.25, -0.2) is 0 Å². The molecular formula is C22H34N3O2+. The van der Waals surface area contributed by atoms with Gasteiger partial charge in [0.25, 0.3) is 5.91 Å². The van der Waals surface area contributed by atoms with E-state index in [9.17, 15) is 4.79 Å². The monoisotopic (exact) mass is 372 g/mol. The molecule has 3 atom stereocenters. The van der Waals surface area contributed by atoms with Crippen LogP contribution in [-0.4, -0.2) is 57.4 Å². The zero-order valence-electron chi connectivity index (χ0n) is 16.6. The van der Waals surface area contributed by atoms with Gasteiger partial charge in [-0.1, -0.05) is 0 Å². The van der Waals surface area contributed by atoms with E-state index in [0.29, 0.717) is 18.0 Å². The molecule has 3 heterocycles. The topological polar surface area (TPSA) is 50.4 Å². The molecule has 1 unspecified atom stereocenters. The summed E-state index contributed by atoms with van der Waals surface area (Å²) in [6.45, 7) is 8.27. The van der Waals surface area contributed by atoms with E-state index in [1.54, 1.807) is 0 Å². The molecule has 0 spiro atoms. The summed E-state index contributed by atoms with van der Waals surface area (Å²) in [5, 5.41) is 6.67. The van der Waals surface area contributed by atoms with Gasteiger partial charge in [0.05, 0.1) is 12.6 Å². The molecule has 1 aromatic rings. The Morgan fingerprint density at radius 3 is 2.59 bits per heavy atom. The minimum atomic E-state index is 0.0524. The number of carbonyl (C=O) groups excluding carboxylic acids is 1. The molecule has 3 aliphatic heterocycles. The first-order valence-corrected chi connectivity index (χ1v) is 10.7. The lowest BCUT2D eigenvalue weighted by Crippen LogP contribution is -2.59. The number of benzene rings is 1. The highest BCUT2D eigenvalue weighted by atomic mass is 16.5. The zero-order valence-corrected chi connectivity index (χ0v) is 16.6. The number of hydrogen-bond donors (Lipinski definition) is 2. The minimum absolute atomic E-state index is 0.0524. The number of ether oxygens (including phenoxy) is 1. The van der Waals surface area contributed by atoms with Gasteiger partial charge in [0.1, 0.15) is 11.7 Å². The van der Waals surface area contributed by atoms with Gasteiger partial charge in [0.2, 0.25) is 0 Å². The number of nitrogens with zero attached hydrogens (tertiary/aromatic N) is 1. The maximum absolute atomic E-state index is 12.6. The number of carbonyl (C=O) groups is 1. The summed E-state index contributed by atoms with van der Waals surface area (Å²) in [5.41, 5.74) is 2.16. The number of hydrogen-bond acceptors (Lipinski definition) is 3. The Kier molecular flexibility index (Phi) is 5.81. The van der Waals surface area contributed by atoms with Gasteiger partial charge in [-0.3, -0.25) is 9.28 Å². The standard InChI is InChI=1S/C22H33N3O2/c1-17-3-2-12-25(17,21-8-11-23-16-21)20-6-4-19(5-7-20)22(26)24-15-18-9-13-27-14-10-18/h4-7,17-18,21,23H,2-3,8-16H2,1H3/p+1/t17-,21-,25?/m0/s1. The van der Waals surface area contributed by atoms with Crippen LogP contribution in [0, 0.1) is 5.92 Å². The average Bonchev–Trinajstić information content (AvgIpc) is 3.37. The lowest BCUT2D eigenvalue weighted by molar-refractivity contribution is 0.0642. The largest absolute Gasteiger partial charge is 0.381 e. The van der Waals surface area contributed by atoms with Gasteiger partial charge in [-0.05, 0) is 49.9 Å². The van der Waals surface area contributed by atoms with E-state index < -0.39 is 0 Å². The van der Waals surface area contributed by atoms with Crippen LogP contribution < -0.4 is 15.1 Å². The second-order valence-corrected chi connectivity index (χ2v) is 8.60. The van der Waals surface area contributed by atoms with Gasteiger partial charge in [-0.15, -0.1) is 0 Å². The van der Waals surface area contributed by atoms with E-state index >= 15 is 0 Å². The molecule has 5 heteroatoms. The van der Waals surface area contributed by atoms with Gasteiger partial charge >= 0.3 is 0 Å². The van der Waals surface area contributed by atoms with E-state index in [0.717, 1.165) is 55.7 Å². The molecule has 3 saturated heterocycles. The van der Waals surface area contributed by atoms with E-state index in [-0.39, 0.29) is 5.91 Å². The lowest BCUT2D eigenvalue weighted by atomic mass is 10.0. The molecule has 0 saturated carbocycles. The van der Waals surface area contributed by atoms with E-state index in [1.165, 1.54) is 31.5 Å². The first kappa shape index (κ1) is 18.9. The van der Waals surface area contributed by atoms with Crippen LogP contribution in [0.15, 0.2) is 24.3 Å². The van der Waals surface area contributed by atoms with Crippen LogP contribution in [0.5, 0.6) is 0 Å². The molecule has 0 aliphatic carbocycles. The van der Waals surface area contributed by atoms with Crippen LogP contribution in [0.3, 0.4) is 0 Å². The van der Waals surface area contributed by atoms with Crippen LogP contribution >= 0.6 is 0 Å². The Morgan fingerprint density at radius 2 is 1.96 bits per heavy atom. The summed E-state index contributed by atoms with van der Waals surface area (Å²) in [6.07, 6.45) is 5.94. The van der Waals surface area contributed by atoms with Crippen molar-refractivity contribution in [2.24, 2.45) is 5.92 Å². The van der Waals surface area contributed by atoms with Crippen molar-refractivity contribution in [1.29, 1.82) is 0 Å². The summed E-state index contributed by atoms with van der Waals surface area (Å²) in [4.78, 5) is 12.6. The van der Waals surface area contributed by atoms with Crippen molar-refractivity contribution in [1.82, 2.24) is 15.1 Å². The summed E-state index contributed by atoms with van der Waals surface area (Å²) < 4.78 is 6.49. The fraction of sp³-hybridized carbons (Fsp3) is 0.682. The predicted molar refractivity (Wildman–Crippen MR) is 109 cm³/mol. The van der Waals surface area contributed by atoms with E-state index in [1.807, 2.05) is 12.1 Å². The molecule has 1 aromatic carbocycles. The first-order chi connectivity index (χ1) is 13.2. The average molecular weight is 373 g/mol. The van der Waals surface area contributed by atoms with Crippen molar-refractivity contribution < 1.29 is 9.53 Å². The second-order valence-electron chi connectivity index (χ2n) is 8.60. The van der Waals surface area contributed by atoms with Gasteiger partial charge in [0, 0.05) is 57.7 Å². The summed E-state index contributed by atoms with van der Waals surface area (Å²) >= 11 is 0. The number of rotatable bonds is 5. The van der Waals surface area contributed by atoms with Gasteiger partial charge in [-0.2, -0.15) is 0 Å². The Bertz CT molecular complexity index is 635. The molecule has 0 aromatic heterocycles. The van der Waals surface area contributed by atoms with E-state index in [4.69, 9.17) is 4.74 Å². The molecule has 2 N–H and O–H groups in total. The molecular weight excluding hydrogens is 338 g/mol. The highest BCUT2D eigenvalue weighted by molar-refractivity contribution is 5.94. The number of nitrogens with one attached hydrogen (secondary N) is 2. The molecule has 0 bridgehead atoms. The molecule has 0 radical (unpaired) electrons. The molecule has 4 rings (SSSR count). The maximum Gasteiger partial charge on any atom is 0.251 e. The van der Waals surface area contributed by atoms with Crippen LogP contribution in [0.2, 0.25) is 0 Å². The van der Waals surface area contributed by atoms with Crippen LogP contribution in [-0.2, 0) is 4.74 Å². The van der Waals surface area contributed by atoms with Crippen molar-refractivity contribution in [3.63, 3.8) is 0 Å². The maximum atomic E-state index is 12.6. The third kappa shape index (κ3) is 3.78. The summed E-state index contributed by atoms with van der Waals surface area (Å²) in [7, 11) is 0. The fourth-order valence-electron chi connectivity index (χ4n) is 5.45. The van der Waals surface area contributed by atoms with Crippen molar-refractivity contribution in [3.05, 3.63) is 29.8 Å². The smallest absolute Gasteiger partial charge is 0.251 e. The molecule has 3 aliphatic rings. The highest BCUT2D eigenvalue weighted by Crippen LogP contribution is 2.39. The Morgan fingerprint density at radius 1 is 1.19 bits per heavy atom. The summed E-state index contributed by atoms with van der Waals surface area (Å²) in [6, 6.07) is 9.80. The summed E-state index contributed by atoms with van der Waals surface area (Å²) in [5.74, 6) is 0.604. The number of amides is 1. The third-order valence-corrected chi connectivity index (χ3v) is 7.12. The Labute approximate surface area is 163 Å². The van der Waals surface area contributed by atoms with Gasteiger partial charge < -0.3 is 15.4 Å². The zero-order chi connectivity index (χ0) is 18.7. The van der Waals surface area contributed by atoms with Crippen molar-refractivity contribution >= 4 is 11.6 Å². The highest BCUT2D eigenvalue weighted by Gasteiger charge is 2.47. The molecule has 5 nitrogen and oxygen atoms in total. The normalized spacial score (nSPS) is 31.9. The quantitative estimate of drug-likeness (QED) is 0.782. The predicted octanol–water partition coefficient (Wildman–Crippen LogP) is 2.69. The van der Waals surface area contributed by atoms with Gasteiger partial charge in [0.15, 0.2) is 0 Å². The second kappa shape index (κ2) is 8.29. The van der Waals surface area contributed by atoms with E-state index in [2.05, 4.69) is 29.7 Å². The van der Waals surface area contributed by atoms with Crippen molar-refractivity contribution in [2.75, 3.05) is 39.4 Å². The number of likely N-dealkylation sites (tertiary alicyclic amines) is 1. The third-order valence-electron chi connectivity index (χ3n) is 7.12. The fourth-order valence-corrected chi connectivity index (χ4v) is 5.45. The minimum Gasteiger partial charge on any atom is -0.381 e. The Hall–Kier alpha value is -1.43. The van der Waals surface area contributed by atoms with Crippen LogP contribution in [0.4, 0.5) is 5.69 Å². The lowest BCUT2D eigenvalue weighted by Gasteiger charge is -2.43. The number of quaternary nitrogens is 1. The first-order valence-electron chi connectivity index (χ1n) is 10.7. The van der Waals surface area contributed by atoms with Crippen molar-refractivity contribution in [3.8, 4) is 0 Å². The molecule has 27 heavy (non-hydrogen) atoms. The molecule has 3 fully saturated rings.